The summed E-state index contributed by atoms with van der Waals surface area (Å²) in [6, 6.07) is 9.17. The summed E-state index contributed by atoms with van der Waals surface area (Å²) >= 11 is 0. The Hall–Kier alpha value is -2.55. The maximum atomic E-state index is 13.6. The quantitative estimate of drug-likeness (QED) is 0.475. The van der Waals surface area contributed by atoms with E-state index in [1.807, 2.05) is 19.1 Å². The lowest BCUT2D eigenvalue weighted by Crippen LogP contribution is -2.50. The predicted molar refractivity (Wildman–Crippen MR) is 133 cm³/mol. The number of amides is 1. The van der Waals surface area contributed by atoms with Crippen LogP contribution >= 0.6 is 0 Å². The molecule has 0 N–H and O–H groups in total. The number of aromatic nitrogens is 1. The zero-order chi connectivity index (χ0) is 22.1. The Kier molecular flexibility index (Phi) is 6.08. The maximum Gasteiger partial charge on any atom is 0.226 e. The SMILES string of the molecule is C=C/C(=C\C=C/C)Cn1cc(C2CC2C(=O)N2CCCC3CCCCC32)c2ccccc21. The van der Waals surface area contributed by atoms with Crippen molar-refractivity contribution in [2.45, 2.75) is 70.4 Å². The van der Waals surface area contributed by atoms with Crippen molar-refractivity contribution in [3.8, 4) is 0 Å². The van der Waals surface area contributed by atoms with Crippen LogP contribution in [0, 0.1) is 11.8 Å². The number of hydrogen-bond donors (Lipinski definition) is 0. The minimum Gasteiger partial charge on any atom is -0.343 e. The fourth-order valence-electron chi connectivity index (χ4n) is 6.23. The lowest BCUT2D eigenvalue weighted by atomic mass is 9.78. The molecule has 3 aliphatic rings. The zero-order valence-corrected chi connectivity index (χ0v) is 19.4. The van der Waals surface area contributed by atoms with E-state index in [2.05, 4.69) is 58.7 Å². The van der Waals surface area contributed by atoms with Crippen molar-refractivity contribution in [1.82, 2.24) is 9.47 Å². The van der Waals surface area contributed by atoms with Crippen LogP contribution in [0.3, 0.4) is 0 Å². The van der Waals surface area contributed by atoms with Gasteiger partial charge in [0, 0.05) is 42.1 Å². The largest absolute Gasteiger partial charge is 0.343 e. The molecule has 3 fully saturated rings. The lowest BCUT2D eigenvalue weighted by molar-refractivity contribution is -0.139. The molecular formula is C29H36N2O. The number of piperidine rings is 1. The Morgan fingerprint density at radius 3 is 2.81 bits per heavy atom. The second-order valence-corrected chi connectivity index (χ2v) is 9.94. The molecule has 1 aliphatic heterocycles. The summed E-state index contributed by atoms with van der Waals surface area (Å²) in [5, 5.41) is 1.30. The second-order valence-electron chi connectivity index (χ2n) is 9.94. The highest BCUT2D eigenvalue weighted by molar-refractivity contribution is 5.89. The lowest BCUT2D eigenvalue weighted by Gasteiger charge is -2.44. The average molecular weight is 429 g/mol. The number of hydrogen-bond acceptors (Lipinski definition) is 1. The first-order chi connectivity index (χ1) is 15.7. The molecule has 3 nitrogen and oxygen atoms in total. The van der Waals surface area contributed by atoms with Gasteiger partial charge < -0.3 is 9.47 Å². The molecule has 2 heterocycles. The Balaban J connectivity index is 1.38. The van der Waals surface area contributed by atoms with Gasteiger partial charge in [0.15, 0.2) is 0 Å². The Labute approximate surface area is 192 Å². The number of carbonyl (C=O) groups is 1. The highest BCUT2D eigenvalue weighted by Crippen LogP contribution is 2.52. The number of likely N-dealkylation sites (tertiary alicyclic amines) is 1. The Bertz CT molecular complexity index is 1060. The summed E-state index contributed by atoms with van der Waals surface area (Å²) in [6.07, 6.45) is 19.2. The molecule has 1 amide bonds. The normalized spacial score (nSPS) is 28.2. The van der Waals surface area contributed by atoms with Gasteiger partial charge in [0.25, 0.3) is 0 Å². The number of fused-ring (bicyclic) bond motifs is 2. The van der Waals surface area contributed by atoms with Crippen LogP contribution < -0.4 is 0 Å². The van der Waals surface area contributed by atoms with Gasteiger partial charge in [-0.3, -0.25) is 4.79 Å². The van der Waals surface area contributed by atoms with E-state index >= 15 is 0 Å². The van der Waals surface area contributed by atoms with E-state index in [0.29, 0.717) is 17.9 Å². The Morgan fingerprint density at radius 2 is 1.97 bits per heavy atom. The Morgan fingerprint density at radius 1 is 1.16 bits per heavy atom. The molecule has 4 atom stereocenters. The molecule has 0 spiro atoms. The highest BCUT2D eigenvalue weighted by atomic mass is 16.2. The van der Waals surface area contributed by atoms with E-state index in [1.54, 1.807) is 0 Å². The number of carbonyl (C=O) groups excluding carboxylic acids is 1. The molecule has 168 valence electrons. The van der Waals surface area contributed by atoms with E-state index in [9.17, 15) is 4.79 Å². The van der Waals surface area contributed by atoms with Gasteiger partial charge in [-0.15, -0.1) is 0 Å². The van der Waals surface area contributed by atoms with E-state index in [-0.39, 0.29) is 5.92 Å². The molecule has 0 bridgehead atoms. The van der Waals surface area contributed by atoms with Crippen molar-refractivity contribution in [1.29, 1.82) is 0 Å². The van der Waals surface area contributed by atoms with Crippen LogP contribution in [0.25, 0.3) is 10.9 Å². The summed E-state index contributed by atoms with van der Waals surface area (Å²) in [4.78, 5) is 15.9. The van der Waals surface area contributed by atoms with Crippen LogP contribution in [0.15, 0.2) is 66.9 Å². The van der Waals surface area contributed by atoms with Gasteiger partial charge in [-0.05, 0) is 68.1 Å². The standard InChI is InChI=1S/C29H36N2O/c1-3-5-11-21(4-2)19-30-20-26(23-14-7-9-16-28(23)30)24-18-25(24)29(32)31-17-10-13-22-12-6-8-15-27(22)31/h3-5,7,9,11,14,16,20,22,24-25,27H,2,6,8,10,12-13,15,17-19H2,1H3/b5-3-,21-11+. The van der Waals surface area contributed by atoms with Crippen LogP contribution in [0.2, 0.25) is 0 Å². The van der Waals surface area contributed by atoms with Gasteiger partial charge in [-0.25, -0.2) is 0 Å². The van der Waals surface area contributed by atoms with Crippen LogP contribution in [-0.4, -0.2) is 28.0 Å². The first-order valence-corrected chi connectivity index (χ1v) is 12.5. The van der Waals surface area contributed by atoms with Gasteiger partial charge >= 0.3 is 0 Å². The number of allylic oxidation sites excluding steroid dienone is 5. The van der Waals surface area contributed by atoms with Gasteiger partial charge in [0.05, 0.1) is 0 Å². The third-order valence-electron chi connectivity index (χ3n) is 7.97. The smallest absolute Gasteiger partial charge is 0.226 e. The molecule has 32 heavy (non-hydrogen) atoms. The number of para-hydroxylation sites is 1. The molecular weight excluding hydrogens is 392 g/mol. The van der Waals surface area contributed by atoms with Crippen LogP contribution in [-0.2, 0) is 11.3 Å². The topological polar surface area (TPSA) is 25.2 Å². The fourth-order valence-corrected chi connectivity index (χ4v) is 6.23. The third kappa shape index (κ3) is 3.98. The van der Waals surface area contributed by atoms with Crippen LogP contribution in [0.1, 0.15) is 63.4 Å². The van der Waals surface area contributed by atoms with Gasteiger partial charge in [0.1, 0.15) is 0 Å². The minimum atomic E-state index is 0.173. The maximum absolute atomic E-state index is 13.6. The van der Waals surface area contributed by atoms with E-state index < -0.39 is 0 Å². The molecule has 2 saturated carbocycles. The van der Waals surface area contributed by atoms with Gasteiger partial charge in [-0.1, -0.05) is 61.9 Å². The summed E-state index contributed by atoms with van der Waals surface area (Å²) in [5.74, 6) is 1.72. The molecule has 2 aromatic rings. The van der Waals surface area contributed by atoms with Crippen molar-refractivity contribution >= 4 is 16.8 Å². The molecule has 1 saturated heterocycles. The first-order valence-electron chi connectivity index (χ1n) is 12.5. The monoisotopic (exact) mass is 428 g/mol. The van der Waals surface area contributed by atoms with Crippen molar-refractivity contribution in [2.75, 3.05) is 6.54 Å². The molecule has 3 heteroatoms. The predicted octanol–water partition coefficient (Wildman–Crippen LogP) is 6.61. The summed E-state index contributed by atoms with van der Waals surface area (Å²) in [5.41, 5.74) is 3.79. The van der Waals surface area contributed by atoms with Crippen LogP contribution in [0.4, 0.5) is 0 Å². The van der Waals surface area contributed by atoms with Crippen molar-refractivity contribution in [3.63, 3.8) is 0 Å². The van der Waals surface area contributed by atoms with Gasteiger partial charge in [-0.2, -0.15) is 0 Å². The zero-order valence-electron chi connectivity index (χ0n) is 19.4. The van der Waals surface area contributed by atoms with E-state index in [0.717, 1.165) is 25.4 Å². The van der Waals surface area contributed by atoms with Crippen LogP contribution in [0.5, 0.6) is 0 Å². The molecule has 1 aromatic carbocycles. The number of nitrogens with zero attached hydrogens (tertiary/aromatic N) is 2. The summed E-state index contributed by atoms with van der Waals surface area (Å²) < 4.78 is 2.33. The molecule has 5 rings (SSSR count). The molecule has 2 aliphatic carbocycles. The minimum absolute atomic E-state index is 0.173. The van der Waals surface area contributed by atoms with E-state index in [4.69, 9.17) is 0 Å². The highest BCUT2D eigenvalue weighted by Gasteiger charge is 2.49. The second kappa shape index (κ2) is 9.13. The number of benzene rings is 1. The first kappa shape index (κ1) is 21.3. The van der Waals surface area contributed by atoms with Crippen molar-refractivity contribution in [2.24, 2.45) is 11.8 Å². The molecule has 0 radical (unpaired) electrons. The average Bonchev–Trinajstić information content (AvgIpc) is 3.56. The fraction of sp³-hybridized carbons (Fsp3) is 0.483. The van der Waals surface area contributed by atoms with Crippen molar-refractivity contribution in [3.05, 3.63) is 72.5 Å². The molecule has 1 aromatic heterocycles. The summed E-state index contributed by atoms with van der Waals surface area (Å²) in [6.45, 7) is 7.81. The van der Waals surface area contributed by atoms with Crippen molar-refractivity contribution < 1.29 is 4.79 Å². The van der Waals surface area contributed by atoms with Gasteiger partial charge in [0.2, 0.25) is 5.91 Å². The van der Waals surface area contributed by atoms with E-state index in [1.165, 1.54) is 60.6 Å². The number of rotatable bonds is 6. The molecule has 4 unspecified atom stereocenters. The summed E-state index contributed by atoms with van der Waals surface area (Å²) in [7, 11) is 0. The third-order valence-corrected chi connectivity index (χ3v) is 7.97.